The summed E-state index contributed by atoms with van der Waals surface area (Å²) >= 11 is 0. The van der Waals surface area contributed by atoms with Gasteiger partial charge >= 0.3 is 0 Å². The van der Waals surface area contributed by atoms with E-state index in [1.807, 2.05) is 62.4 Å². The van der Waals surface area contributed by atoms with Gasteiger partial charge < -0.3 is 30.6 Å². The number of hydrogen-bond acceptors (Lipinski definition) is 6. The number of aliphatic hydroxyl groups is 6. The van der Waals surface area contributed by atoms with Crippen molar-refractivity contribution in [2.75, 3.05) is 6.61 Å². The van der Waals surface area contributed by atoms with Gasteiger partial charge in [-0.3, -0.25) is 0 Å². The molecule has 2 rings (SSSR count). The van der Waals surface area contributed by atoms with Crippen molar-refractivity contribution in [3.8, 4) is 0 Å². The molecule has 1 unspecified atom stereocenters. The summed E-state index contributed by atoms with van der Waals surface area (Å²) in [6, 6.07) is 15.2. The van der Waals surface area contributed by atoms with Gasteiger partial charge in [-0.25, -0.2) is 0 Å². The van der Waals surface area contributed by atoms with Crippen molar-refractivity contribution >= 4 is 0 Å². The van der Waals surface area contributed by atoms with Crippen molar-refractivity contribution in [2.24, 2.45) is 0 Å². The third-order valence-corrected chi connectivity index (χ3v) is 6.97. The molecule has 0 bridgehead atoms. The molecule has 2 aromatic carbocycles. The quantitative estimate of drug-likeness (QED) is 0.229. The minimum Gasteiger partial charge on any atom is -0.394 e. The summed E-state index contributed by atoms with van der Waals surface area (Å²) < 4.78 is 0. The van der Waals surface area contributed by atoms with E-state index in [9.17, 15) is 30.6 Å². The Hall–Kier alpha value is -1.80. The number of aliphatic hydroxyl groups excluding tert-OH is 4. The van der Waals surface area contributed by atoms with Crippen LogP contribution >= 0.6 is 0 Å². The maximum atomic E-state index is 11.9. The van der Waals surface area contributed by atoms with Crippen molar-refractivity contribution < 1.29 is 30.6 Å². The molecule has 0 amide bonds. The van der Waals surface area contributed by atoms with Gasteiger partial charge in [0.25, 0.3) is 0 Å². The number of aryl methyl sites for hydroxylation is 2. The average Bonchev–Trinajstić information content (AvgIpc) is 2.85. The third kappa shape index (κ3) is 7.13. The summed E-state index contributed by atoms with van der Waals surface area (Å²) in [6.07, 6.45) is -1.42. The van der Waals surface area contributed by atoms with Gasteiger partial charge in [-0.1, -0.05) is 88.6 Å². The molecule has 0 radical (unpaired) electrons. The fraction of sp³-hybridized carbons (Fsp3) is 0.586. The largest absolute Gasteiger partial charge is 0.394 e. The molecule has 6 nitrogen and oxygen atoms in total. The van der Waals surface area contributed by atoms with Gasteiger partial charge in [0.15, 0.2) is 0 Å². The molecule has 6 N–H and O–H groups in total. The van der Waals surface area contributed by atoms with Gasteiger partial charge in [-0.2, -0.15) is 0 Å². The van der Waals surface area contributed by atoms with Gasteiger partial charge in [-0.15, -0.1) is 0 Å². The fourth-order valence-electron chi connectivity index (χ4n) is 5.14. The lowest BCUT2D eigenvalue weighted by Gasteiger charge is -2.46. The van der Waals surface area contributed by atoms with Gasteiger partial charge in [-0.05, 0) is 41.5 Å². The minimum absolute atomic E-state index is 0.0824. The van der Waals surface area contributed by atoms with Crippen molar-refractivity contribution in [3.63, 3.8) is 0 Å². The van der Waals surface area contributed by atoms with Crippen LogP contribution in [0.4, 0.5) is 0 Å². The first-order chi connectivity index (χ1) is 16.7. The second-order valence-electron chi connectivity index (χ2n) is 9.83. The summed E-state index contributed by atoms with van der Waals surface area (Å²) in [5, 5.41) is 66.2. The van der Waals surface area contributed by atoms with E-state index in [4.69, 9.17) is 0 Å². The summed E-state index contributed by atoms with van der Waals surface area (Å²) in [4.78, 5) is 0. The van der Waals surface area contributed by atoms with Crippen molar-refractivity contribution in [1.82, 2.24) is 0 Å². The highest BCUT2D eigenvalue weighted by Crippen LogP contribution is 2.36. The highest BCUT2D eigenvalue weighted by atomic mass is 16.4. The topological polar surface area (TPSA) is 121 Å². The highest BCUT2D eigenvalue weighted by molar-refractivity contribution is 5.32. The van der Waals surface area contributed by atoms with Crippen LogP contribution in [0.1, 0.15) is 68.7 Å². The maximum Gasteiger partial charge on any atom is 0.126 e. The van der Waals surface area contributed by atoms with E-state index < -0.39 is 36.1 Å². The van der Waals surface area contributed by atoms with Gasteiger partial charge in [0.05, 0.1) is 12.2 Å². The molecule has 0 heterocycles. The molecule has 0 aromatic heterocycles. The third-order valence-electron chi connectivity index (χ3n) is 6.97. The number of benzene rings is 2. The van der Waals surface area contributed by atoms with Crippen molar-refractivity contribution in [3.05, 3.63) is 70.8 Å². The Morgan fingerprint density at radius 2 is 1.14 bits per heavy atom. The SMILES string of the molecule is CCCc1ccccc1CC(O)(CCC)[C@@H](O)[C@@](O)(Cc1ccccc1CCC)[C@H](O)[C@@H](O)CO. The Kier molecular flexibility index (Phi) is 11.3. The lowest BCUT2D eigenvalue weighted by atomic mass is 9.70. The number of hydrogen-bond donors (Lipinski definition) is 6. The highest BCUT2D eigenvalue weighted by Gasteiger charge is 2.54. The van der Waals surface area contributed by atoms with Crippen LogP contribution in [-0.2, 0) is 25.7 Å². The first-order valence-electron chi connectivity index (χ1n) is 12.9. The molecule has 35 heavy (non-hydrogen) atoms. The predicted molar refractivity (Wildman–Crippen MR) is 138 cm³/mol. The van der Waals surface area contributed by atoms with Crippen LogP contribution in [-0.4, -0.2) is 66.8 Å². The lowest BCUT2D eigenvalue weighted by molar-refractivity contribution is -0.230. The Morgan fingerprint density at radius 3 is 1.57 bits per heavy atom. The van der Waals surface area contributed by atoms with Crippen LogP contribution in [0, 0.1) is 0 Å². The van der Waals surface area contributed by atoms with Gasteiger partial charge in [0.1, 0.15) is 23.9 Å². The molecule has 0 fully saturated rings. The molecular weight excluding hydrogens is 444 g/mol. The zero-order chi connectivity index (χ0) is 26.1. The smallest absolute Gasteiger partial charge is 0.126 e. The summed E-state index contributed by atoms with van der Waals surface area (Å²) in [5.74, 6) is 0. The standard InChI is InChI=1S/C29H44O6/c1-4-11-21-13-7-9-15-23(21)18-28(34,17-6-3)27(33)29(35,26(32)25(31)20-30)19-24-16-10-8-14-22(24)12-5-2/h7-10,13-16,25-27,30-35H,4-6,11-12,17-20H2,1-3H3/t25-,26+,27+,28?,29+/m0/s1. The zero-order valence-electron chi connectivity index (χ0n) is 21.4. The van der Waals surface area contributed by atoms with Gasteiger partial charge in [0.2, 0.25) is 0 Å². The molecule has 0 aliphatic heterocycles. The van der Waals surface area contributed by atoms with Crippen LogP contribution in [0.5, 0.6) is 0 Å². The fourth-order valence-corrected chi connectivity index (χ4v) is 5.14. The van der Waals surface area contributed by atoms with E-state index in [0.29, 0.717) is 12.0 Å². The van der Waals surface area contributed by atoms with Crippen LogP contribution < -0.4 is 0 Å². The normalized spacial score (nSPS) is 17.9. The Labute approximate surface area is 209 Å². The summed E-state index contributed by atoms with van der Waals surface area (Å²) in [5.41, 5.74) is -0.484. The molecule has 5 atom stereocenters. The van der Waals surface area contributed by atoms with Crippen LogP contribution in [0.2, 0.25) is 0 Å². The van der Waals surface area contributed by atoms with Crippen LogP contribution in [0.25, 0.3) is 0 Å². The Morgan fingerprint density at radius 1 is 0.686 bits per heavy atom. The van der Waals surface area contributed by atoms with Crippen molar-refractivity contribution in [2.45, 2.75) is 102 Å². The summed E-state index contributed by atoms with van der Waals surface area (Å²) in [7, 11) is 0. The Bertz CT molecular complexity index is 902. The first kappa shape index (κ1) is 29.4. The predicted octanol–water partition coefficient (Wildman–Crippen LogP) is 2.71. The molecule has 0 spiro atoms. The van der Waals surface area contributed by atoms with E-state index in [1.165, 1.54) is 0 Å². The lowest BCUT2D eigenvalue weighted by Crippen LogP contribution is -2.66. The van der Waals surface area contributed by atoms with E-state index in [2.05, 4.69) is 6.92 Å². The average molecular weight is 489 g/mol. The second kappa shape index (κ2) is 13.5. The molecule has 2 aromatic rings. The molecule has 0 aliphatic rings. The second-order valence-corrected chi connectivity index (χ2v) is 9.83. The van der Waals surface area contributed by atoms with Crippen LogP contribution in [0.3, 0.4) is 0 Å². The van der Waals surface area contributed by atoms with E-state index in [1.54, 1.807) is 0 Å². The van der Waals surface area contributed by atoms with Crippen molar-refractivity contribution in [1.29, 1.82) is 0 Å². The molecule has 196 valence electrons. The molecular formula is C29H44O6. The Balaban J connectivity index is 2.56. The van der Waals surface area contributed by atoms with E-state index in [0.717, 1.165) is 42.4 Å². The molecule has 0 saturated carbocycles. The van der Waals surface area contributed by atoms with Crippen LogP contribution in [0.15, 0.2) is 48.5 Å². The van der Waals surface area contributed by atoms with E-state index >= 15 is 0 Å². The minimum atomic E-state index is -2.31. The molecule has 0 aliphatic carbocycles. The zero-order valence-corrected chi connectivity index (χ0v) is 21.4. The molecule has 6 heteroatoms. The number of rotatable bonds is 15. The first-order valence-corrected chi connectivity index (χ1v) is 12.9. The van der Waals surface area contributed by atoms with E-state index in [-0.39, 0.29) is 19.3 Å². The maximum absolute atomic E-state index is 11.9. The summed E-state index contributed by atoms with van der Waals surface area (Å²) in [6.45, 7) is 5.20. The van der Waals surface area contributed by atoms with Gasteiger partial charge in [0, 0.05) is 12.8 Å². The monoisotopic (exact) mass is 488 g/mol. The molecule has 0 saturated heterocycles.